The van der Waals surface area contributed by atoms with Crippen LogP contribution in [0.3, 0.4) is 0 Å². The zero-order valence-corrected chi connectivity index (χ0v) is 16.9. The van der Waals surface area contributed by atoms with Crippen LogP contribution in [0.25, 0.3) is 0 Å². The summed E-state index contributed by atoms with van der Waals surface area (Å²) in [5, 5.41) is 12.2. The van der Waals surface area contributed by atoms with Crippen molar-refractivity contribution in [2.24, 2.45) is 0 Å². The van der Waals surface area contributed by atoms with Crippen molar-refractivity contribution in [1.82, 2.24) is 0 Å². The second kappa shape index (κ2) is 10.1. The van der Waals surface area contributed by atoms with Crippen molar-refractivity contribution in [2.45, 2.75) is 9.79 Å². The Hall–Kier alpha value is -3.76. The Morgan fingerprint density at radius 2 is 1.63 bits per heavy atom. The van der Waals surface area contributed by atoms with Crippen molar-refractivity contribution in [3.63, 3.8) is 0 Å². The maximum absolute atomic E-state index is 12.7. The third-order valence-electron chi connectivity index (χ3n) is 4.06. The number of ether oxygens (including phenoxy) is 2. The predicted molar refractivity (Wildman–Crippen MR) is 114 cm³/mol. The van der Waals surface area contributed by atoms with Crippen LogP contribution in [0.2, 0.25) is 0 Å². The fourth-order valence-corrected chi connectivity index (χ4v) is 3.51. The predicted octanol–water partition coefficient (Wildman–Crippen LogP) is 4.51. The molecule has 6 nitrogen and oxygen atoms in total. The molecule has 0 unspecified atom stereocenters. The Balaban J connectivity index is 1.71. The first-order valence-corrected chi connectivity index (χ1v) is 9.79. The molecule has 3 rings (SSSR count). The molecule has 0 saturated heterocycles. The maximum Gasteiger partial charge on any atom is 0.343 e. The van der Waals surface area contributed by atoms with Gasteiger partial charge in [0.15, 0.2) is 6.61 Å². The van der Waals surface area contributed by atoms with E-state index in [0.29, 0.717) is 22.6 Å². The zero-order chi connectivity index (χ0) is 21.3. The van der Waals surface area contributed by atoms with Crippen molar-refractivity contribution in [2.75, 3.05) is 19.0 Å². The number of methoxy groups -OCH3 is 1. The van der Waals surface area contributed by atoms with Crippen molar-refractivity contribution in [3.05, 3.63) is 83.9 Å². The molecule has 0 aromatic heterocycles. The van der Waals surface area contributed by atoms with E-state index in [0.717, 1.165) is 9.79 Å². The van der Waals surface area contributed by atoms with Crippen molar-refractivity contribution >= 4 is 29.3 Å². The van der Waals surface area contributed by atoms with Crippen LogP contribution in [0.5, 0.6) is 5.75 Å². The van der Waals surface area contributed by atoms with Gasteiger partial charge < -0.3 is 14.8 Å². The molecule has 0 heterocycles. The lowest BCUT2D eigenvalue weighted by molar-refractivity contribution is -0.142. The number of nitrogens with zero attached hydrogens (tertiary/aromatic N) is 1. The third-order valence-corrected chi connectivity index (χ3v) is 5.22. The van der Waals surface area contributed by atoms with Crippen LogP contribution in [0.15, 0.2) is 82.6 Å². The lowest BCUT2D eigenvalue weighted by Crippen LogP contribution is -2.14. The number of nitrogens with one attached hydrogen (secondary N) is 1. The normalized spacial score (nSPS) is 10.0. The maximum atomic E-state index is 12.7. The minimum absolute atomic E-state index is 0.198. The van der Waals surface area contributed by atoms with Gasteiger partial charge >= 0.3 is 5.97 Å². The fourth-order valence-electron chi connectivity index (χ4n) is 2.52. The van der Waals surface area contributed by atoms with Crippen LogP contribution >= 0.6 is 11.8 Å². The smallest absolute Gasteiger partial charge is 0.343 e. The quantitative estimate of drug-likeness (QED) is 0.568. The van der Waals surface area contributed by atoms with Gasteiger partial charge in [-0.2, -0.15) is 5.26 Å². The molecule has 0 bridgehead atoms. The Morgan fingerprint density at radius 1 is 0.967 bits per heavy atom. The summed E-state index contributed by atoms with van der Waals surface area (Å²) in [4.78, 5) is 25.5. The molecule has 0 atom stereocenters. The summed E-state index contributed by atoms with van der Waals surface area (Å²) < 4.78 is 9.80. The molecule has 3 aromatic rings. The average Bonchev–Trinajstić information content (AvgIpc) is 2.79. The largest absolute Gasteiger partial charge is 0.482 e. The molecule has 0 spiro atoms. The Morgan fingerprint density at radius 3 is 2.33 bits per heavy atom. The summed E-state index contributed by atoms with van der Waals surface area (Å²) in [6.45, 7) is -0.198. The molecule has 1 amide bonds. The molecule has 1 N–H and O–H groups in total. The van der Waals surface area contributed by atoms with Gasteiger partial charge in [-0.05, 0) is 48.5 Å². The monoisotopic (exact) mass is 418 g/mol. The van der Waals surface area contributed by atoms with Gasteiger partial charge in [0.05, 0.1) is 18.4 Å². The molecule has 0 radical (unpaired) electrons. The van der Waals surface area contributed by atoms with Gasteiger partial charge in [0.2, 0.25) is 0 Å². The van der Waals surface area contributed by atoms with E-state index >= 15 is 0 Å². The van der Waals surface area contributed by atoms with Crippen LogP contribution < -0.4 is 10.1 Å². The third kappa shape index (κ3) is 5.40. The molecule has 0 aliphatic rings. The molecular formula is C23H18N2O4S. The minimum atomic E-state index is -0.483. The van der Waals surface area contributed by atoms with Crippen LogP contribution in [-0.4, -0.2) is 25.6 Å². The number of carbonyl (C=O) groups excluding carboxylic acids is 2. The molecule has 150 valence electrons. The second-order valence-corrected chi connectivity index (χ2v) is 7.13. The number of nitriles is 1. The fraction of sp³-hybridized carbons (Fsp3) is 0.0870. The number of carbonyl (C=O) groups is 2. The highest BCUT2D eigenvalue weighted by molar-refractivity contribution is 7.99. The summed E-state index contributed by atoms with van der Waals surface area (Å²) in [6.07, 6.45) is 0. The molecule has 0 fully saturated rings. The summed E-state index contributed by atoms with van der Waals surface area (Å²) >= 11 is 1.42. The van der Waals surface area contributed by atoms with E-state index in [1.54, 1.807) is 30.3 Å². The van der Waals surface area contributed by atoms with Gasteiger partial charge in [0.25, 0.3) is 5.91 Å². The average molecular weight is 418 g/mol. The number of anilines is 1. The zero-order valence-electron chi connectivity index (χ0n) is 16.1. The lowest BCUT2D eigenvalue weighted by atomic mass is 10.2. The van der Waals surface area contributed by atoms with E-state index in [-0.39, 0.29) is 12.5 Å². The van der Waals surface area contributed by atoms with Crippen LogP contribution in [0.4, 0.5) is 5.69 Å². The van der Waals surface area contributed by atoms with E-state index < -0.39 is 5.97 Å². The molecule has 0 aliphatic heterocycles. The van der Waals surface area contributed by atoms with Crippen LogP contribution in [-0.2, 0) is 9.53 Å². The van der Waals surface area contributed by atoms with Gasteiger partial charge in [-0.15, -0.1) is 0 Å². The summed E-state index contributed by atoms with van der Waals surface area (Å²) in [5.74, 6) is -0.305. The van der Waals surface area contributed by atoms with E-state index in [9.17, 15) is 14.9 Å². The first-order chi connectivity index (χ1) is 14.6. The Bertz CT molecular complexity index is 1090. The van der Waals surface area contributed by atoms with E-state index in [1.807, 2.05) is 42.5 Å². The van der Waals surface area contributed by atoms with Crippen molar-refractivity contribution < 1.29 is 19.1 Å². The molecule has 30 heavy (non-hydrogen) atoms. The number of amides is 1. The Kier molecular flexibility index (Phi) is 7.09. The molecule has 7 heteroatoms. The van der Waals surface area contributed by atoms with E-state index in [4.69, 9.17) is 4.74 Å². The molecular weight excluding hydrogens is 400 g/mol. The number of hydrogen-bond donors (Lipinski definition) is 1. The summed E-state index contributed by atoms with van der Waals surface area (Å²) in [6, 6.07) is 23.3. The topological polar surface area (TPSA) is 88.4 Å². The Labute approximate surface area is 178 Å². The number of benzene rings is 3. The van der Waals surface area contributed by atoms with E-state index in [2.05, 4.69) is 16.1 Å². The van der Waals surface area contributed by atoms with Crippen LogP contribution in [0, 0.1) is 11.3 Å². The summed E-state index contributed by atoms with van der Waals surface area (Å²) in [7, 11) is 1.29. The molecule has 3 aromatic carbocycles. The van der Waals surface area contributed by atoms with Crippen molar-refractivity contribution in [3.8, 4) is 11.8 Å². The second-order valence-electron chi connectivity index (χ2n) is 6.05. The molecule has 0 aliphatic carbocycles. The number of hydrogen-bond acceptors (Lipinski definition) is 6. The van der Waals surface area contributed by atoms with Gasteiger partial charge in [0, 0.05) is 15.4 Å². The highest BCUT2D eigenvalue weighted by Crippen LogP contribution is 2.35. The molecule has 0 saturated carbocycles. The van der Waals surface area contributed by atoms with Crippen LogP contribution in [0.1, 0.15) is 15.9 Å². The highest BCUT2D eigenvalue weighted by atomic mass is 32.2. The minimum Gasteiger partial charge on any atom is -0.482 e. The SMILES string of the molecule is COC(=O)COc1ccc(C(=O)Nc2ccccc2Sc2ccccc2C#N)cc1. The lowest BCUT2D eigenvalue weighted by Gasteiger charge is -2.12. The highest BCUT2D eigenvalue weighted by Gasteiger charge is 2.12. The van der Waals surface area contributed by atoms with Gasteiger partial charge in [-0.3, -0.25) is 4.79 Å². The summed E-state index contributed by atoms with van der Waals surface area (Å²) in [5.41, 5.74) is 1.66. The van der Waals surface area contributed by atoms with Crippen molar-refractivity contribution in [1.29, 1.82) is 5.26 Å². The number of rotatable bonds is 7. The van der Waals surface area contributed by atoms with Gasteiger partial charge in [0.1, 0.15) is 11.8 Å². The van der Waals surface area contributed by atoms with Gasteiger partial charge in [-0.25, -0.2) is 4.79 Å². The standard InChI is InChI=1S/C23H18N2O4S/c1-28-22(26)15-29-18-12-10-16(11-13-18)23(27)25-19-7-3-5-9-21(19)30-20-8-4-2-6-17(20)14-24/h2-13H,15H2,1H3,(H,25,27). The number of para-hydroxylation sites is 1. The van der Waals surface area contributed by atoms with Gasteiger partial charge in [-0.1, -0.05) is 36.0 Å². The first-order valence-electron chi connectivity index (χ1n) is 8.97. The first kappa shape index (κ1) is 21.0. The van der Waals surface area contributed by atoms with E-state index in [1.165, 1.54) is 18.9 Å². The number of esters is 1.